The van der Waals surface area contributed by atoms with Crippen molar-refractivity contribution in [3.8, 4) is 0 Å². The van der Waals surface area contributed by atoms with E-state index in [-0.39, 0.29) is 30.9 Å². The predicted molar refractivity (Wildman–Crippen MR) is 112 cm³/mol. The van der Waals surface area contributed by atoms with E-state index in [0.717, 1.165) is 0 Å². The van der Waals surface area contributed by atoms with Gasteiger partial charge in [-0.15, -0.1) is 0 Å². The number of aliphatic imine (C=N–C) groups is 1. The first-order chi connectivity index (χ1) is 15.5. The maximum atomic E-state index is 12.7. The van der Waals surface area contributed by atoms with Gasteiger partial charge in [0.05, 0.1) is 25.3 Å². The molecule has 186 valence electrons. The van der Waals surface area contributed by atoms with Gasteiger partial charge >= 0.3 is 6.09 Å². The Morgan fingerprint density at radius 3 is 2.61 bits per heavy atom. The first kappa shape index (κ1) is 24.9. The molecule has 0 bridgehead atoms. The third-order valence-electron chi connectivity index (χ3n) is 5.77. The second-order valence-electron chi connectivity index (χ2n) is 8.45. The summed E-state index contributed by atoms with van der Waals surface area (Å²) in [5.74, 6) is -0.635. The lowest BCUT2D eigenvalue weighted by Crippen LogP contribution is -2.70. The van der Waals surface area contributed by atoms with E-state index < -0.39 is 61.5 Å². The lowest BCUT2D eigenvalue weighted by molar-refractivity contribution is -0.215. The normalized spacial score (nSPS) is 35.7. The molecule has 0 aliphatic carbocycles. The van der Waals surface area contributed by atoms with Gasteiger partial charge in [0.25, 0.3) is 0 Å². The van der Waals surface area contributed by atoms with Crippen molar-refractivity contribution < 1.29 is 39.2 Å². The van der Waals surface area contributed by atoms with E-state index in [1.165, 1.54) is 11.9 Å². The molecular weight excluding hydrogens is 442 g/mol. The summed E-state index contributed by atoms with van der Waals surface area (Å²) in [6.07, 6.45) is -7.20. The van der Waals surface area contributed by atoms with Crippen molar-refractivity contribution in [2.24, 2.45) is 10.7 Å². The van der Waals surface area contributed by atoms with Crippen molar-refractivity contribution in [2.45, 2.75) is 48.8 Å². The largest absolute Gasteiger partial charge is 0.441 e. The molecule has 2 saturated heterocycles. The molecule has 0 aromatic rings. The van der Waals surface area contributed by atoms with E-state index in [0.29, 0.717) is 0 Å². The van der Waals surface area contributed by atoms with Crippen LogP contribution in [0.2, 0.25) is 0 Å². The summed E-state index contributed by atoms with van der Waals surface area (Å²) in [5.41, 5.74) is 5.11. The van der Waals surface area contributed by atoms with Gasteiger partial charge in [-0.05, 0) is 14.1 Å². The van der Waals surface area contributed by atoms with Crippen LogP contribution in [0.5, 0.6) is 0 Å². The van der Waals surface area contributed by atoms with Gasteiger partial charge in [-0.25, -0.2) is 9.79 Å². The number of hydrogen-bond acceptors (Lipinski definition) is 12. The molecule has 3 rings (SSSR count). The van der Waals surface area contributed by atoms with Crippen molar-refractivity contribution in [1.82, 2.24) is 25.8 Å². The Kier molecular flexibility index (Phi) is 7.58. The Hall–Kier alpha value is -2.72. The van der Waals surface area contributed by atoms with Crippen LogP contribution in [0.1, 0.15) is 0 Å². The molecule has 0 aromatic carbocycles. The summed E-state index contributed by atoms with van der Waals surface area (Å²) in [6, 6.07) is -2.65. The molecule has 0 radical (unpaired) electrons. The van der Waals surface area contributed by atoms with E-state index in [1.54, 1.807) is 19.0 Å². The Morgan fingerprint density at radius 1 is 1.33 bits per heavy atom. The Balaban J connectivity index is 1.86. The van der Waals surface area contributed by atoms with Gasteiger partial charge in [0.2, 0.25) is 11.8 Å². The number of aliphatic hydroxyl groups excluding tert-OH is 3. The number of ether oxygens (including phenoxy) is 2. The number of piperidine rings is 1. The van der Waals surface area contributed by atoms with Gasteiger partial charge in [-0.1, -0.05) is 0 Å². The molecule has 15 nitrogen and oxygen atoms in total. The van der Waals surface area contributed by atoms with E-state index in [9.17, 15) is 29.7 Å². The van der Waals surface area contributed by atoms with Crippen LogP contribution >= 0.6 is 0 Å². The monoisotopic (exact) mass is 473 g/mol. The third-order valence-corrected chi connectivity index (χ3v) is 5.77. The van der Waals surface area contributed by atoms with Crippen LogP contribution in [-0.4, -0.2) is 139 Å². The number of aliphatic hydroxyl groups is 3. The molecule has 3 heterocycles. The van der Waals surface area contributed by atoms with Crippen LogP contribution in [0, 0.1) is 0 Å². The van der Waals surface area contributed by atoms with Crippen LogP contribution < -0.4 is 21.7 Å². The Labute approximate surface area is 189 Å². The summed E-state index contributed by atoms with van der Waals surface area (Å²) in [6.45, 7) is -0.536. The molecule has 8 N–H and O–H groups in total. The second kappa shape index (κ2) is 10.0. The summed E-state index contributed by atoms with van der Waals surface area (Å²) >= 11 is 0. The minimum Gasteiger partial charge on any atom is -0.441 e. The highest BCUT2D eigenvalue weighted by atomic mass is 16.6. The molecule has 33 heavy (non-hydrogen) atoms. The molecule has 3 amide bonds. The molecule has 0 saturated carbocycles. The summed E-state index contributed by atoms with van der Waals surface area (Å²) < 4.78 is 10.8. The highest BCUT2D eigenvalue weighted by Gasteiger charge is 2.51. The minimum atomic E-state index is -1.49. The van der Waals surface area contributed by atoms with E-state index in [2.05, 4.69) is 20.9 Å². The van der Waals surface area contributed by atoms with Crippen molar-refractivity contribution in [3.63, 3.8) is 0 Å². The molecule has 3 aliphatic rings. The van der Waals surface area contributed by atoms with Crippen molar-refractivity contribution >= 4 is 23.9 Å². The van der Waals surface area contributed by atoms with Gasteiger partial charge in [0, 0.05) is 13.6 Å². The van der Waals surface area contributed by atoms with Gasteiger partial charge in [-0.3, -0.25) is 9.59 Å². The fourth-order valence-corrected chi connectivity index (χ4v) is 4.14. The second-order valence-corrected chi connectivity index (χ2v) is 8.45. The number of hydrogen-bond donors (Lipinski definition) is 7. The van der Waals surface area contributed by atoms with Gasteiger partial charge in [-0.2, -0.15) is 0 Å². The third kappa shape index (κ3) is 5.27. The highest BCUT2D eigenvalue weighted by Crippen LogP contribution is 2.26. The number of nitrogens with one attached hydrogen (secondary N) is 3. The summed E-state index contributed by atoms with van der Waals surface area (Å²) in [4.78, 5) is 43.3. The number of carbonyl (C=O) groups is 3. The smallest absolute Gasteiger partial charge is 0.404 e. The number of amides is 3. The SMILES string of the molecule is CN(C)CC(=O)N(C)C1C(NC2=NC3C(=O)NCC(O)C3N2)OC(CO)C(OC(N)=O)C1O. The number of β-amino-alcohol motifs (C(OH)–C–C–N with tert-alkyl or cyclic N) is 1. The number of nitrogens with zero attached hydrogens (tertiary/aromatic N) is 3. The molecule has 0 spiro atoms. The molecular formula is C18H31N7O8. The number of likely N-dealkylation sites (N-methyl/N-ethyl adjacent to an activating group) is 2. The maximum Gasteiger partial charge on any atom is 0.404 e. The van der Waals surface area contributed by atoms with Crippen LogP contribution in [0.25, 0.3) is 0 Å². The zero-order chi connectivity index (χ0) is 24.4. The molecule has 15 heteroatoms. The predicted octanol–water partition coefficient (Wildman–Crippen LogP) is -5.31. The zero-order valence-electron chi connectivity index (χ0n) is 18.5. The van der Waals surface area contributed by atoms with E-state index in [1.807, 2.05) is 0 Å². The standard InChI is InChI=1S/C18H31N7O8/c1-24(2)5-9(28)25(3)12-13(29)14(33-17(19)31)8(6-26)32-16(12)23-18-21-10-7(27)4-20-15(30)11(10)22-18/h7-8,10-14,16,26-27,29H,4-6H2,1-3H3,(H2,19,31)(H,20,30)(H2,21,22,23). The number of nitrogens with two attached hydrogens (primary N) is 1. The van der Waals surface area contributed by atoms with E-state index >= 15 is 0 Å². The fraction of sp³-hybridized carbons (Fsp3) is 0.778. The number of rotatable bonds is 6. The lowest BCUT2D eigenvalue weighted by Gasteiger charge is -2.47. The summed E-state index contributed by atoms with van der Waals surface area (Å²) in [5, 5.41) is 39.3. The quantitative estimate of drug-likeness (QED) is 0.194. The lowest BCUT2D eigenvalue weighted by atomic mass is 9.94. The average Bonchev–Trinajstić information content (AvgIpc) is 3.16. The first-order valence-corrected chi connectivity index (χ1v) is 10.4. The number of carbonyl (C=O) groups excluding carboxylic acids is 3. The Morgan fingerprint density at radius 2 is 2.03 bits per heavy atom. The van der Waals surface area contributed by atoms with Gasteiger partial charge < -0.3 is 56.3 Å². The highest BCUT2D eigenvalue weighted by molar-refractivity contribution is 5.92. The maximum absolute atomic E-state index is 12.7. The fourth-order valence-electron chi connectivity index (χ4n) is 4.14. The Bertz CT molecular complexity index is 796. The van der Waals surface area contributed by atoms with Gasteiger partial charge in [0.15, 0.2) is 24.3 Å². The number of guanidine groups is 1. The molecule has 2 fully saturated rings. The van der Waals surface area contributed by atoms with Gasteiger partial charge in [0.1, 0.15) is 18.2 Å². The van der Waals surface area contributed by atoms with Crippen LogP contribution in [0.15, 0.2) is 4.99 Å². The van der Waals surface area contributed by atoms with E-state index in [4.69, 9.17) is 15.2 Å². The molecule has 8 unspecified atom stereocenters. The van der Waals surface area contributed by atoms with Crippen molar-refractivity contribution in [2.75, 3.05) is 40.8 Å². The van der Waals surface area contributed by atoms with Crippen LogP contribution in [-0.2, 0) is 19.1 Å². The van der Waals surface area contributed by atoms with Crippen LogP contribution in [0.3, 0.4) is 0 Å². The minimum absolute atomic E-state index is 0.0208. The number of primary amides is 1. The zero-order valence-corrected chi connectivity index (χ0v) is 18.5. The number of fused-ring (bicyclic) bond motifs is 1. The molecule has 3 aliphatic heterocycles. The van der Waals surface area contributed by atoms with Crippen molar-refractivity contribution in [1.29, 1.82) is 0 Å². The summed E-state index contributed by atoms with van der Waals surface area (Å²) in [7, 11) is 4.84. The first-order valence-electron chi connectivity index (χ1n) is 10.4. The molecule has 8 atom stereocenters. The van der Waals surface area contributed by atoms with Crippen LogP contribution in [0.4, 0.5) is 4.79 Å². The molecule has 0 aromatic heterocycles. The average molecular weight is 473 g/mol. The van der Waals surface area contributed by atoms with Crippen molar-refractivity contribution in [3.05, 3.63) is 0 Å². The topological polar surface area (TPSA) is 211 Å².